The molecule has 0 radical (unpaired) electrons. The van der Waals surface area contributed by atoms with E-state index in [-0.39, 0.29) is 8.42 Å². The Balaban J connectivity index is 0.00000300. The van der Waals surface area contributed by atoms with Gasteiger partial charge < -0.3 is 29.0 Å². The van der Waals surface area contributed by atoms with E-state index in [2.05, 4.69) is 67.7 Å². The molecule has 2 N–H and O–H groups in total. The number of nitrogens with one attached hydrogen (secondary N) is 2. The van der Waals surface area contributed by atoms with Gasteiger partial charge in [-0.05, 0) is 43.9 Å². The van der Waals surface area contributed by atoms with Gasteiger partial charge >= 0.3 is 11.9 Å². The zero-order valence-corrected chi connectivity index (χ0v) is 26.4. The smallest absolute Gasteiger partial charge is 0.303 e. The minimum Gasteiger partial charge on any atom is -0.458 e. The van der Waals surface area contributed by atoms with Crippen LogP contribution >= 0.6 is 0 Å². The summed E-state index contributed by atoms with van der Waals surface area (Å²) in [6.45, 7) is 9.39. The zero-order chi connectivity index (χ0) is 32.1. The average Bonchev–Trinajstić information content (AvgIpc) is 3.35. The van der Waals surface area contributed by atoms with Gasteiger partial charge in [0.05, 0.1) is 17.6 Å². The van der Waals surface area contributed by atoms with Crippen LogP contribution in [-0.4, -0.2) is 76.6 Å². The fourth-order valence-corrected chi connectivity index (χ4v) is 6.08. The molecule has 13 nitrogen and oxygen atoms in total. The average molecular weight is 627 g/mol. The monoisotopic (exact) mass is 626 g/mol. The maximum Gasteiger partial charge on any atom is 0.303 e. The molecule has 0 aliphatic carbocycles. The van der Waals surface area contributed by atoms with Crippen LogP contribution in [0.25, 0.3) is 10.9 Å². The van der Waals surface area contributed by atoms with Crippen LogP contribution in [0.15, 0.2) is 42.9 Å². The molecule has 2 saturated heterocycles. The summed E-state index contributed by atoms with van der Waals surface area (Å²) >= 11 is 0. The normalized spacial score (nSPS) is 23.9. The number of carbonyl (C=O) groups is 3. The highest BCUT2D eigenvalue weighted by Crippen LogP contribution is 2.31. The third kappa shape index (κ3) is 7.78. The van der Waals surface area contributed by atoms with Gasteiger partial charge in [-0.15, -0.1) is 0 Å². The molecule has 1 amide bonds. The Hall–Kier alpha value is -4.07. The zero-order valence-electron chi connectivity index (χ0n) is 26.4. The van der Waals surface area contributed by atoms with Crippen LogP contribution in [0.4, 0.5) is 5.95 Å². The van der Waals surface area contributed by atoms with E-state index in [1.807, 2.05) is 0 Å². The Bertz CT molecular complexity index is 1500. The van der Waals surface area contributed by atoms with Crippen molar-refractivity contribution in [2.75, 3.05) is 24.5 Å². The van der Waals surface area contributed by atoms with Crippen molar-refractivity contribution in [3.63, 3.8) is 0 Å². The molecule has 5 rings (SSSR count). The summed E-state index contributed by atoms with van der Waals surface area (Å²) in [6.07, 6.45) is 3.93. The maximum absolute atomic E-state index is 12.8. The number of nitrogens with zero attached hydrogens (tertiary/aromatic N) is 4. The Labute approximate surface area is 265 Å². The Morgan fingerprint density at radius 1 is 1.02 bits per heavy atom. The van der Waals surface area contributed by atoms with E-state index in [1.165, 1.54) is 42.7 Å². The molecular weight excluding hydrogens is 580 g/mol. The van der Waals surface area contributed by atoms with Crippen molar-refractivity contribution in [2.24, 2.45) is 18.9 Å². The first-order chi connectivity index (χ1) is 21.6. The number of ether oxygens (including phenoxy) is 3. The molecule has 45 heavy (non-hydrogen) atoms. The largest absolute Gasteiger partial charge is 0.458 e. The second kappa shape index (κ2) is 14.4. The third-order valence-corrected chi connectivity index (χ3v) is 8.48. The molecule has 2 aromatic heterocycles. The van der Waals surface area contributed by atoms with Gasteiger partial charge in [-0.3, -0.25) is 14.4 Å². The molecule has 3 aromatic rings. The van der Waals surface area contributed by atoms with Crippen molar-refractivity contribution >= 4 is 34.7 Å². The SMILES string of the molecule is CC(=O)O[C@H]1[C@H](C)[C@H](ONC(=O)c2cnc(N3CCC(CNCc4cn(C)c5ccccc45)CC3)nc2)O[C@@H](C)[C@H]1OC(C)=O.[HH].[HH]. The molecule has 0 saturated carbocycles. The predicted molar refractivity (Wildman–Crippen MR) is 169 cm³/mol. The number of hydrogen-bond donors (Lipinski definition) is 2. The Morgan fingerprint density at radius 3 is 2.38 bits per heavy atom. The summed E-state index contributed by atoms with van der Waals surface area (Å²) in [7, 11) is 2.08. The Kier molecular flexibility index (Phi) is 10.3. The molecule has 5 atom stereocenters. The number of benzene rings is 1. The highest BCUT2D eigenvalue weighted by molar-refractivity contribution is 5.92. The molecule has 1 aromatic carbocycles. The molecular formula is C32H46N6O7. The van der Waals surface area contributed by atoms with E-state index < -0.39 is 48.4 Å². The standard InChI is InChI=1S/C32H42N6O7.2H2/c1-19-28(43-21(3)39)29(44-22(4)40)20(2)42-31(19)45-36-30(41)24-16-34-32(35-17-24)38-12-10-23(11-13-38)14-33-15-25-18-37(5)27-9-7-6-8-26(25)27;;/h6-9,16-20,23,28-29,31,33H,10-15H2,1-5H3,(H,36,41);2*1H/t19-,20-,28-,29+,31-;;/m0../s1. The van der Waals surface area contributed by atoms with Gasteiger partial charge in [0, 0.05) is 72.9 Å². The lowest BCUT2D eigenvalue weighted by Gasteiger charge is -2.42. The minimum absolute atomic E-state index is 0. The third-order valence-electron chi connectivity index (χ3n) is 8.48. The fourth-order valence-electron chi connectivity index (χ4n) is 6.08. The van der Waals surface area contributed by atoms with Crippen LogP contribution in [-0.2, 0) is 42.2 Å². The summed E-state index contributed by atoms with van der Waals surface area (Å²) < 4.78 is 18.8. The fraction of sp³-hybridized carbons (Fsp3) is 0.531. The molecule has 246 valence electrons. The number of aryl methyl sites for hydroxylation is 1. The molecule has 2 aliphatic rings. The van der Waals surface area contributed by atoms with Crippen LogP contribution in [0.2, 0.25) is 0 Å². The van der Waals surface area contributed by atoms with Gasteiger partial charge in [0.15, 0.2) is 12.4 Å². The predicted octanol–water partition coefficient (Wildman–Crippen LogP) is 3.37. The first-order valence-corrected chi connectivity index (χ1v) is 15.4. The van der Waals surface area contributed by atoms with Gasteiger partial charge in [0.25, 0.3) is 5.91 Å². The molecule has 4 heterocycles. The molecule has 2 fully saturated rings. The molecule has 2 aliphatic heterocycles. The molecule has 0 bridgehead atoms. The van der Waals surface area contributed by atoms with E-state index in [0.29, 0.717) is 11.9 Å². The van der Waals surface area contributed by atoms with E-state index in [1.54, 1.807) is 13.8 Å². The molecule has 0 spiro atoms. The van der Waals surface area contributed by atoms with Crippen molar-refractivity contribution in [2.45, 2.75) is 71.7 Å². The van der Waals surface area contributed by atoms with Crippen molar-refractivity contribution < 1.29 is 36.3 Å². The van der Waals surface area contributed by atoms with Crippen LogP contribution in [0.5, 0.6) is 0 Å². The highest BCUT2D eigenvalue weighted by atomic mass is 16.8. The lowest BCUT2D eigenvalue weighted by molar-refractivity contribution is -0.290. The summed E-state index contributed by atoms with van der Waals surface area (Å²) in [5.74, 6) is -1.01. The lowest BCUT2D eigenvalue weighted by Crippen LogP contribution is -2.57. The number of esters is 2. The number of rotatable bonds is 10. The first-order valence-electron chi connectivity index (χ1n) is 15.4. The topological polar surface area (TPSA) is 146 Å². The van der Waals surface area contributed by atoms with E-state index in [9.17, 15) is 14.4 Å². The van der Waals surface area contributed by atoms with Crippen LogP contribution in [0, 0.1) is 11.8 Å². The minimum atomic E-state index is -0.955. The summed E-state index contributed by atoms with van der Waals surface area (Å²) in [5, 5.41) is 4.93. The number of fused-ring (bicyclic) bond motifs is 1. The van der Waals surface area contributed by atoms with Crippen LogP contribution < -0.4 is 15.7 Å². The van der Waals surface area contributed by atoms with Crippen molar-refractivity contribution in [1.29, 1.82) is 0 Å². The second-order valence-electron chi connectivity index (χ2n) is 11.9. The van der Waals surface area contributed by atoms with Crippen LogP contribution in [0.3, 0.4) is 0 Å². The van der Waals surface area contributed by atoms with Gasteiger partial charge in [0.1, 0.15) is 6.10 Å². The number of hydroxylamine groups is 1. The number of amides is 1. The first kappa shape index (κ1) is 32.3. The number of hydrogen-bond acceptors (Lipinski definition) is 11. The van der Waals surface area contributed by atoms with E-state index in [4.69, 9.17) is 19.0 Å². The summed E-state index contributed by atoms with van der Waals surface area (Å²) in [4.78, 5) is 52.6. The van der Waals surface area contributed by atoms with Crippen molar-refractivity contribution in [1.82, 2.24) is 25.3 Å². The number of aromatic nitrogens is 3. The number of para-hydroxylation sites is 1. The van der Waals surface area contributed by atoms with E-state index in [0.717, 1.165) is 39.0 Å². The number of carbonyl (C=O) groups excluding carboxylic acids is 3. The number of piperidine rings is 1. The summed E-state index contributed by atoms with van der Waals surface area (Å²) in [5.41, 5.74) is 5.15. The molecule has 0 unspecified atom stereocenters. The lowest BCUT2D eigenvalue weighted by atomic mass is 9.92. The van der Waals surface area contributed by atoms with Crippen molar-refractivity contribution in [3.8, 4) is 0 Å². The van der Waals surface area contributed by atoms with E-state index >= 15 is 0 Å². The van der Waals surface area contributed by atoms with Crippen LogP contribution in [0.1, 0.15) is 59.3 Å². The van der Waals surface area contributed by atoms with Gasteiger partial charge in [-0.25, -0.2) is 20.3 Å². The quantitative estimate of drug-likeness (QED) is 0.252. The van der Waals surface area contributed by atoms with Gasteiger partial charge in [-0.2, -0.15) is 0 Å². The van der Waals surface area contributed by atoms with Gasteiger partial charge in [-0.1, -0.05) is 25.1 Å². The molecule has 13 heteroatoms. The second-order valence-corrected chi connectivity index (χ2v) is 11.9. The number of anilines is 1. The highest BCUT2D eigenvalue weighted by Gasteiger charge is 2.47. The Morgan fingerprint density at radius 2 is 1.69 bits per heavy atom. The van der Waals surface area contributed by atoms with Gasteiger partial charge in [0.2, 0.25) is 5.95 Å². The van der Waals surface area contributed by atoms with Crippen molar-refractivity contribution in [3.05, 3.63) is 54.0 Å². The maximum atomic E-state index is 12.8. The summed E-state index contributed by atoms with van der Waals surface area (Å²) in [6, 6.07) is 8.46.